The van der Waals surface area contributed by atoms with E-state index < -0.39 is 0 Å². The minimum Gasteiger partial charge on any atom is -0.329 e. The third-order valence-electron chi connectivity index (χ3n) is 4.14. The lowest BCUT2D eigenvalue weighted by molar-refractivity contribution is 0.401. The van der Waals surface area contributed by atoms with Gasteiger partial charge >= 0.3 is 0 Å². The van der Waals surface area contributed by atoms with Crippen LogP contribution in [0.3, 0.4) is 0 Å². The third-order valence-corrected chi connectivity index (χ3v) is 4.14. The summed E-state index contributed by atoms with van der Waals surface area (Å²) < 4.78 is 13.2. The lowest BCUT2D eigenvalue weighted by Gasteiger charge is -2.25. The van der Waals surface area contributed by atoms with Crippen LogP contribution in [0.25, 0.3) is 0 Å². The van der Waals surface area contributed by atoms with Gasteiger partial charge in [0.2, 0.25) is 0 Å². The van der Waals surface area contributed by atoms with E-state index in [0.29, 0.717) is 12.6 Å². The van der Waals surface area contributed by atoms with Crippen molar-refractivity contribution in [1.29, 1.82) is 0 Å². The van der Waals surface area contributed by atoms with E-state index in [9.17, 15) is 4.39 Å². The zero-order valence-electron chi connectivity index (χ0n) is 11.8. The Labute approximate surface area is 115 Å². The highest BCUT2D eigenvalue weighted by molar-refractivity contribution is 5.29. The summed E-state index contributed by atoms with van der Waals surface area (Å²) in [5.74, 6) is -0.175. The summed E-state index contributed by atoms with van der Waals surface area (Å²) in [7, 11) is 0. The van der Waals surface area contributed by atoms with Gasteiger partial charge < -0.3 is 11.1 Å². The maximum absolute atomic E-state index is 13.2. The van der Waals surface area contributed by atoms with E-state index in [-0.39, 0.29) is 11.9 Å². The van der Waals surface area contributed by atoms with Gasteiger partial charge in [0.05, 0.1) is 0 Å². The molecule has 0 aliphatic heterocycles. The monoisotopic (exact) mass is 264 g/mol. The van der Waals surface area contributed by atoms with Crippen molar-refractivity contribution in [2.75, 3.05) is 6.54 Å². The zero-order chi connectivity index (χ0) is 13.7. The molecule has 1 aliphatic carbocycles. The van der Waals surface area contributed by atoms with Crippen molar-refractivity contribution < 1.29 is 4.39 Å². The quantitative estimate of drug-likeness (QED) is 0.817. The average Bonchev–Trinajstić information content (AvgIpc) is 2.65. The number of aryl methyl sites for hydroxylation is 1. The Morgan fingerprint density at radius 3 is 2.53 bits per heavy atom. The van der Waals surface area contributed by atoms with Crippen LogP contribution in [0.2, 0.25) is 0 Å². The van der Waals surface area contributed by atoms with Crippen molar-refractivity contribution in [1.82, 2.24) is 5.32 Å². The molecule has 0 amide bonds. The van der Waals surface area contributed by atoms with Crippen LogP contribution >= 0.6 is 0 Å². The van der Waals surface area contributed by atoms with Gasteiger partial charge in [0.15, 0.2) is 0 Å². The van der Waals surface area contributed by atoms with Crippen LogP contribution in [0.1, 0.15) is 55.7 Å². The van der Waals surface area contributed by atoms with Gasteiger partial charge in [-0.2, -0.15) is 0 Å². The molecule has 1 aromatic rings. The van der Waals surface area contributed by atoms with E-state index in [2.05, 4.69) is 5.32 Å². The molecule has 0 heterocycles. The Morgan fingerprint density at radius 1 is 1.26 bits per heavy atom. The fraction of sp³-hybridized carbons (Fsp3) is 0.625. The molecular weight excluding hydrogens is 239 g/mol. The first kappa shape index (κ1) is 14.5. The van der Waals surface area contributed by atoms with Crippen molar-refractivity contribution >= 4 is 0 Å². The normalized spacial score (nSPS) is 19.1. The Hall–Kier alpha value is -0.930. The largest absolute Gasteiger partial charge is 0.329 e. The molecule has 0 spiro atoms. The number of nitrogens with two attached hydrogens (primary N) is 1. The van der Waals surface area contributed by atoms with E-state index in [1.807, 2.05) is 13.0 Å². The maximum Gasteiger partial charge on any atom is 0.123 e. The van der Waals surface area contributed by atoms with E-state index in [0.717, 1.165) is 11.1 Å². The predicted octanol–water partition coefficient (Wildman–Crippen LogP) is 3.45. The lowest BCUT2D eigenvalue weighted by Crippen LogP contribution is -2.36. The van der Waals surface area contributed by atoms with Gasteiger partial charge in [-0.05, 0) is 43.0 Å². The van der Waals surface area contributed by atoms with Crippen molar-refractivity contribution in [3.8, 4) is 0 Å². The molecule has 1 saturated carbocycles. The molecule has 2 rings (SSSR count). The molecule has 1 atom stereocenters. The molecule has 106 valence electrons. The third kappa shape index (κ3) is 4.02. The van der Waals surface area contributed by atoms with E-state index >= 15 is 0 Å². The Bertz CT molecular complexity index is 398. The van der Waals surface area contributed by atoms with Crippen molar-refractivity contribution in [2.45, 2.75) is 57.5 Å². The summed E-state index contributed by atoms with van der Waals surface area (Å²) in [5, 5.41) is 3.67. The first-order chi connectivity index (χ1) is 9.20. The molecule has 0 aromatic heterocycles. The second-order valence-corrected chi connectivity index (χ2v) is 5.64. The summed E-state index contributed by atoms with van der Waals surface area (Å²) in [5.41, 5.74) is 8.03. The van der Waals surface area contributed by atoms with E-state index in [1.54, 1.807) is 6.07 Å². The van der Waals surface area contributed by atoms with Crippen LogP contribution in [0, 0.1) is 12.7 Å². The molecule has 1 aromatic carbocycles. The van der Waals surface area contributed by atoms with Crippen LogP contribution in [0.15, 0.2) is 18.2 Å². The number of rotatable bonds is 4. The van der Waals surface area contributed by atoms with Gasteiger partial charge in [-0.25, -0.2) is 4.39 Å². The lowest BCUT2D eigenvalue weighted by atomic mass is 9.99. The van der Waals surface area contributed by atoms with Crippen LogP contribution in [0.4, 0.5) is 4.39 Å². The maximum atomic E-state index is 13.2. The van der Waals surface area contributed by atoms with Gasteiger partial charge in [0, 0.05) is 18.6 Å². The molecule has 1 fully saturated rings. The first-order valence-electron chi connectivity index (χ1n) is 7.43. The molecule has 1 unspecified atom stereocenters. The van der Waals surface area contributed by atoms with Crippen LogP contribution in [-0.2, 0) is 0 Å². The van der Waals surface area contributed by atoms with Gasteiger partial charge in [0.25, 0.3) is 0 Å². The molecule has 0 radical (unpaired) electrons. The minimum atomic E-state index is -0.175. The van der Waals surface area contributed by atoms with Crippen LogP contribution < -0.4 is 11.1 Å². The number of nitrogens with one attached hydrogen (secondary N) is 1. The zero-order valence-corrected chi connectivity index (χ0v) is 11.8. The molecule has 19 heavy (non-hydrogen) atoms. The van der Waals surface area contributed by atoms with Gasteiger partial charge in [-0.3, -0.25) is 0 Å². The molecule has 3 N–H and O–H groups in total. The highest BCUT2D eigenvalue weighted by Crippen LogP contribution is 2.23. The highest BCUT2D eigenvalue weighted by Gasteiger charge is 2.18. The van der Waals surface area contributed by atoms with Gasteiger partial charge in [-0.15, -0.1) is 0 Å². The summed E-state index contributed by atoms with van der Waals surface area (Å²) in [4.78, 5) is 0. The van der Waals surface area contributed by atoms with Crippen molar-refractivity contribution in [3.63, 3.8) is 0 Å². The molecule has 0 saturated heterocycles. The summed E-state index contributed by atoms with van der Waals surface area (Å²) >= 11 is 0. The summed E-state index contributed by atoms with van der Waals surface area (Å²) in [6.45, 7) is 2.51. The van der Waals surface area contributed by atoms with Crippen LogP contribution in [0.5, 0.6) is 0 Å². The second kappa shape index (κ2) is 7.01. The Kier molecular flexibility index (Phi) is 5.34. The molecule has 0 bridgehead atoms. The Morgan fingerprint density at radius 2 is 1.95 bits per heavy atom. The number of hydrogen-bond acceptors (Lipinski definition) is 2. The molecule has 3 heteroatoms. The fourth-order valence-corrected chi connectivity index (χ4v) is 3.05. The highest BCUT2D eigenvalue weighted by atomic mass is 19.1. The summed E-state index contributed by atoms with van der Waals surface area (Å²) in [6, 6.07) is 5.68. The van der Waals surface area contributed by atoms with Crippen molar-refractivity contribution in [3.05, 3.63) is 35.1 Å². The predicted molar refractivity (Wildman–Crippen MR) is 77.6 cm³/mol. The average molecular weight is 264 g/mol. The second-order valence-electron chi connectivity index (χ2n) is 5.64. The fourth-order valence-electron chi connectivity index (χ4n) is 3.05. The minimum absolute atomic E-state index is 0.142. The molecule has 1 aliphatic rings. The van der Waals surface area contributed by atoms with E-state index in [4.69, 9.17) is 5.73 Å². The number of benzene rings is 1. The number of hydrogen-bond donors (Lipinski definition) is 2. The topological polar surface area (TPSA) is 38.0 Å². The smallest absolute Gasteiger partial charge is 0.123 e. The molecule has 2 nitrogen and oxygen atoms in total. The van der Waals surface area contributed by atoms with Gasteiger partial charge in [0.1, 0.15) is 5.82 Å². The summed E-state index contributed by atoms with van der Waals surface area (Å²) in [6.07, 6.45) is 7.77. The SMILES string of the molecule is Cc1cc(F)ccc1C(CN)NC1CCCCCC1. The van der Waals surface area contributed by atoms with E-state index in [1.165, 1.54) is 44.6 Å². The standard InChI is InChI=1S/C16H25FN2/c1-12-10-13(17)8-9-15(12)16(11-18)19-14-6-4-2-3-5-7-14/h8-10,14,16,19H,2-7,11,18H2,1H3. The molecular formula is C16H25FN2. The first-order valence-corrected chi connectivity index (χ1v) is 7.43. The number of halogens is 1. The van der Waals surface area contributed by atoms with Gasteiger partial charge in [-0.1, -0.05) is 31.7 Å². The van der Waals surface area contributed by atoms with Crippen molar-refractivity contribution in [2.24, 2.45) is 5.73 Å². The van der Waals surface area contributed by atoms with Crippen LogP contribution in [-0.4, -0.2) is 12.6 Å². The Balaban J connectivity index is 2.06.